The molecule has 2 aromatic carbocycles. The molecule has 2 fully saturated rings. The first-order valence-corrected chi connectivity index (χ1v) is 12.1. The number of rotatable bonds is 4. The summed E-state index contributed by atoms with van der Waals surface area (Å²) in [6.45, 7) is 0. The van der Waals surface area contributed by atoms with E-state index in [1.165, 1.54) is 0 Å². The molecule has 0 spiro atoms. The molecular weight excluding hydrogens is 495 g/mol. The van der Waals surface area contributed by atoms with Crippen LogP contribution in [0, 0.1) is 0 Å². The Morgan fingerprint density at radius 2 is 1.45 bits per heavy atom. The van der Waals surface area contributed by atoms with Crippen LogP contribution in [0.4, 0.5) is 0 Å². The van der Waals surface area contributed by atoms with Crippen molar-refractivity contribution < 1.29 is 5.11 Å². The molecule has 5 rings (SSSR count). The first-order chi connectivity index (χ1) is 15.0. The Kier molecular flexibility index (Phi) is 5.87. The Labute approximate surface area is 201 Å². The van der Waals surface area contributed by atoms with Crippen molar-refractivity contribution in [3.63, 3.8) is 0 Å². The van der Waals surface area contributed by atoms with Gasteiger partial charge in [0.25, 0.3) is 0 Å². The van der Waals surface area contributed by atoms with Crippen molar-refractivity contribution in [2.45, 2.75) is 49.4 Å². The number of aliphatic hydroxyl groups is 1. The lowest BCUT2D eigenvalue weighted by Crippen LogP contribution is -2.51. The zero-order valence-electron chi connectivity index (χ0n) is 16.9. The van der Waals surface area contributed by atoms with Crippen LogP contribution in [0.1, 0.15) is 48.5 Å². The van der Waals surface area contributed by atoms with Crippen LogP contribution in [-0.4, -0.2) is 27.1 Å². The second-order valence-corrected chi connectivity index (χ2v) is 10.3. The highest BCUT2D eigenvalue weighted by Gasteiger charge is 2.51. The van der Waals surface area contributed by atoms with E-state index in [4.69, 9.17) is 23.2 Å². The molecule has 2 saturated heterocycles. The number of pyridine rings is 1. The minimum Gasteiger partial charge on any atom is -0.383 e. The first kappa shape index (κ1) is 21.4. The molecule has 31 heavy (non-hydrogen) atoms. The number of halogens is 3. The maximum absolute atomic E-state index is 11.6. The van der Waals surface area contributed by atoms with Gasteiger partial charge in [0, 0.05) is 32.8 Å². The average molecular weight is 518 g/mol. The van der Waals surface area contributed by atoms with Crippen molar-refractivity contribution in [2.24, 2.45) is 0 Å². The SMILES string of the molecule is OC1(c2ccc(Br)cn2)CC2CCC(C1)N2C(c1ccccc1Cl)c1ccccc1Cl. The van der Waals surface area contributed by atoms with E-state index in [1.54, 1.807) is 6.20 Å². The third-order valence-electron chi connectivity index (χ3n) is 6.72. The van der Waals surface area contributed by atoms with E-state index in [-0.39, 0.29) is 18.1 Å². The topological polar surface area (TPSA) is 36.4 Å². The monoisotopic (exact) mass is 516 g/mol. The zero-order valence-corrected chi connectivity index (χ0v) is 20.0. The quantitative estimate of drug-likeness (QED) is 0.415. The fourth-order valence-electron chi connectivity index (χ4n) is 5.42. The Morgan fingerprint density at radius 1 is 0.903 bits per heavy atom. The summed E-state index contributed by atoms with van der Waals surface area (Å²) in [5.41, 5.74) is 1.94. The molecule has 1 aromatic heterocycles. The van der Waals surface area contributed by atoms with E-state index >= 15 is 0 Å². The molecule has 0 amide bonds. The third-order valence-corrected chi connectivity index (χ3v) is 7.88. The molecule has 3 heterocycles. The van der Waals surface area contributed by atoms with Crippen molar-refractivity contribution in [1.82, 2.24) is 9.88 Å². The number of benzene rings is 2. The van der Waals surface area contributed by atoms with Gasteiger partial charge in [-0.25, -0.2) is 0 Å². The van der Waals surface area contributed by atoms with E-state index in [1.807, 2.05) is 48.5 Å². The molecule has 3 aromatic rings. The predicted molar refractivity (Wildman–Crippen MR) is 128 cm³/mol. The van der Waals surface area contributed by atoms with Crippen molar-refractivity contribution in [3.05, 3.63) is 98.2 Å². The standard InChI is InChI=1S/C25H23BrCl2N2O/c26-16-9-12-23(29-15-16)25(31)13-17-10-11-18(14-25)30(17)24(19-5-1-3-7-21(19)27)20-6-2-4-8-22(20)28/h1-9,12,15,17-18,24,31H,10-11,13-14H2. The summed E-state index contributed by atoms with van der Waals surface area (Å²) in [4.78, 5) is 7.06. The molecule has 0 aliphatic carbocycles. The second-order valence-electron chi connectivity index (χ2n) is 8.58. The van der Waals surface area contributed by atoms with Gasteiger partial charge in [0.1, 0.15) is 5.60 Å². The van der Waals surface area contributed by atoms with Gasteiger partial charge >= 0.3 is 0 Å². The van der Waals surface area contributed by atoms with Crippen LogP contribution in [0.15, 0.2) is 71.3 Å². The summed E-state index contributed by atoms with van der Waals surface area (Å²) >= 11 is 16.8. The normalized spacial score (nSPS) is 25.8. The molecule has 3 nitrogen and oxygen atoms in total. The first-order valence-electron chi connectivity index (χ1n) is 10.6. The van der Waals surface area contributed by atoms with Gasteiger partial charge < -0.3 is 5.11 Å². The van der Waals surface area contributed by atoms with Crippen molar-refractivity contribution in [2.75, 3.05) is 0 Å². The Balaban J connectivity index is 1.55. The maximum Gasteiger partial charge on any atom is 0.109 e. The number of piperidine rings is 1. The smallest absolute Gasteiger partial charge is 0.109 e. The third kappa shape index (κ3) is 3.94. The second kappa shape index (κ2) is 8.49. The minimum absolute atomic E-state index is 0.0534. The number of nitrogens with zero attached hydrogens (tertiary/aromatic N) is 2. The van der Waals surface area contributed by atoms with E-state index < -0.39 is 5.60 Å². The van der Waals surface area contributed by atoms with Crippen LogP contribution >= 0.6 is 39.1 Å². The summed E-state index contributed by atoms with van der Waals surface area (Å²) < 4.78 is 0.915. The molecule has 2 bridgehead atoms. The van der Waals surface area contributed by atoms with Crippen molar-refractivity contribution in [3.8, 4) is 0 Å². The number of hydrogen-bond acceptors (Lipinski definition) is 3. The summed E-state index contributed by atoms with van der Waals surface area (Å²) in [7, 11) is 0. The number of fused-ring (bicyclic) bond motifs is 2. The van der Waals surface area contributed by atoms with Crippen LogP contribution in [-0.2, 0) is 5.60 Å². The maximum atomic E-state index is 11.6. The van der Waals surface area contributed by atoms with Gasteiger partial charge in [0.15, 0.2) is 0 Å². The van der Waals surface area contributed by atoms with Gasteiger partial charge in [-0.1, -0.05) is 59.6 Å². The lowest BCUT2D eigenvalue weighted by atomic mass is 9.81. The highest BCUT2D eigenvalue weighted by molar-refractivity contribution is 9.10. The predicted octanol–water partition coefficient (Wildman–Crippen LogP) is 6.75. The van der Waals surface area contributed by atoms with Gasteiger partial charge in [-0.05, 0) is 77.0 Å². The van der Waals surface area contributed by atoms with Crippen molar-refractivity contribution >= 4 is 39.1 Å². The van der Waals surface area contributed by atoms with Crippen LogP contribution in [0.2, 0.25) is 10.0 Å². The Morgan fingerprint density at radius 3 is 1.94 bits per heavy atom. The van der Waals surface area contributed by atoms with Crippen LogP contribution in [0.25, 0.3) is 0 Å². The summed E-state index contributed by atoms with van der Waals surface area (Å²) in [6, 6.07) is 20.3. The Hall–Kier alpha value is -1.43. The molecule has 1 N–H and O–H groups in total. The number of aromatic nitrogens is 1. The molecule has 160 valence electrons. The number of hydrogen-bond donors (Lipinski definition) is 1. The van der Waals surface area contributed by atoms with Crippen LogP contribution < -0.4 is 0 Å². The van der Waals surface area contributed by atoms with Gasteiger partial charge in [-0.15, -0.1) is 0 Å². The summed E-state index contributed by atoms with van der Waals surface area (Å²) in [5, 5.41) is 13.1. The fourth-order valence-corrected chi connectivity index (χ4v) is 6.14. The van der Waals surface area contributed by atoms with Gasteiger partial charge in [0.05, 0.1) is 11.7 Å². The highest BCUT2D eigenvalue weighted by atomic mass is 79.9. The fraction of sp³-hybridized carbons (Fsp3) is 0.320. The molecule has 2 aliphatic heterocycles. The van der Waals surface area contributed by atoms with E-state index in [0.29, 0.717) is 12.8 Å². The summed E-state index contributed by atoms with van der Waals surface area (Å²) in [5.74, 6) is 0. The van der Waals surface area contributed by atoms with E-state index in [0.717, 1.165) is 44.2 Å². The zero-order chi connectivity index (χ0) is 21.6. The lowest BCUT2D eigenvalue weighted by Gasteiger charge is -2.47. The lowest BCUT2D eigenvalue weighted by molar-refractivity contribution is -0.0684. The molecular formula is C25H23BrCl2N2O. The Bertz CT molecular complexity index is 1030. The van der Waals surface area contributed by atoms with E-state index in [9.17, 15) is 5.11 Å². The van der Waals surface area contributed by atoms with Gasteiger partial charge in [0.2, 0.25) is 0 Å². The molecule has 2 aliphatic rings. The highest BCUT2D eigenvalue weighted by Crippen LogP contribution is 2.51. The van der Waals surface area contributed by atoms with Crippen molar-refractivity contribution in [1.29, 1.82) is 0 Å². The molecule has 0 saturated carbocycles. The van der Waals surface area contributed by atoms with Crippen LogP contribution in [0.3, 0.4) is 0 Å². The molecule has 2 unspecified atom stereocenters. The molecule has 6 heteroatoms. The minimum atomic E-state index is -0.922. The molecule has 0 radical (unpaired) electrons. The summed E-state index contributed by atoms with van der Waals surface area (Å²) in [6.07, 6.45) is 5.12. The van der Waals surface area contributed by atoms with Gasteiger partial charge in [-0.2, -0.15) is 0 Å². The largest absolute Gasteiger partial charge is 0.383 e. The van der Waals surface area contributed by atoms with Gasteiger partial charge in [-0.3, -0.25) is 9.88 Å². The molecule has 2 atom stereocenters. The van der Waals surface area contributed by atoms with E-state index in [2.05, 4.69) is 37.9 Å². The average Bonchev–Trinajstić information content (AvgIpc) is 3.02. The van der Waals surface area contributed by atoms with Crippen LogP contribution in [0.5, 0.6) is 0 Å².